The Morgan fingerprint density at radius 1 is 0.324 bits per heavy atom. The summed E-state index contributed by atoms with van der Waals surface area (Å²) in [5.74, 6) is -0.313. The number of rotatable bonds is 27. The van der Waals surface area contributed by atoms with Crippen LogP contribution in [0.2, 0.25) is 0 Å². The molecule has 202 valence electrons. The SMILES string of the molecule is CC(=O)OCCCCCCCCCCCCCCCCCCCCCCCCCCOC(C)=O. The van der Waals surface area contributed by atoms with E-state index in [9.17, 15) is 9.59 Å². The minimum absolute atomic E-state index is 0.156. The van der Waals surface area contributed by atoms with Crippen molar-refractivity contribution in [3.8, 4) is 0 Å². The van der Waals surface area contributed by atoms with Gasteiger partial charge in [0.15, 0.2) is 0 Å². The fourth-order valence-electron chi connectivity index (χ4n) is 4.53. The van der Waals surface area contributed by atoms with Crippen LogP contribution in [0, 0.1) is 0 Å². The summed E-state index contributed by atoms with van der Waals surface area (Å²) in [5, 5.41) is 0. The molecule has 0 aliphatic heterocycles. The average molecular weight is 483 g/mol. The highest BCUT2D eigenvalue weighted by molar-refractivity contribution is 5.66. The molecule has 0 saturated carbocycles. The van der Waals surface area contributed by atoms with Gasteiger partial charge in [0, 0.05) is 13.8 Å². The van der Waals surface area contributed by atoms with Crippen molar-refractivity contribution in [2.45, 2.75) is 168 Å². The van der Waals surface area contributed by atoms with Crippen LogP contribution in [0.4, 0.5) is 0 Å². The van der Waals surface area contributed by atoms with Gasteiger partial charge in [-0.25, -0.2) is 0 Å². The van der Waals surface area contributed by atoms with Crippen LogP contribution >= 0.6 is 0 Å². The van der Waals surface area contributed by atoms with Crippen molar-refractivity contribution >= 4 is 11.9 Å². The van der Waals surface area contributed by atoms with Crippen LogP contribution in [0.3, 0.4) is 0 Å². The number of carbonyl (C=O) groups is 2. The second kappa shape index (κ2) is 28.2. The molecule has 0 aromatic heterocycles. The Bertz CT molecular complexity index is 396. The second-order valence-corrected chi connectivity index (χ2v) is 10.2. The molecule has 4 nitrogen and oxygen atoms in total. The van der Waals surface area contributed by atoms with E-state index in [-0.39, 0.29) is 11.9 Å². The summed E-state index contributed by atoms with van der Waals surface area (Å²) in [6, 6.07) is 0. The van der Waals surface area contributed by atoms with Crippen molar-refractivity contribution in [2.24, 2.45) is 0 Å². The van der Waals surface area contributed by atoms with Crippen molar-refractivity contribution in [3.05, 3.63) is 0 Å². The predicted molar refractivity (Wildman–Crippen MR) is 144 cm³/mol. The molecule has 0 spiro atoms. The van der Waals surface area contributed by atoms with Gasteiger partial charge in [0.1, 0.15) is 0 Å². The summed E-state index contributed by atoms with van der Waals surface area (Å²) < 4.78 is 9.91. The van der Waals surface area contributed by atoms with Crippen molar-refractivity contribution in [1.29, 1.82) is 0 Å². The number of esters is 2. The third kappa shape index (κ3) is 30.9. The molecule has 0 saturated heterocycles. The summed E-state index contributed by atoms with van der Waals surface area (Å²) in [5.41, 5.74) is 0. The molecule has 0 N–H and O–H groups in total. The third-order valence-corrected chi connectivity index (χ3v) is 6.65. The van der Waals surface area contributed by atoms with E-state index in [1.54, 1.807) is 0 Å². The van der Waals surface area contributed by atoms with E-state index in [4.69, 9.17) is 9.47 Å². The zero-order valence-corrected chi connectivity index (χ0v) is 23.0. The summed E-state index contributed by atoms with van der Waals surface area (Å²) >= 11 is 0. The molecule has 0 radical (unpaired) electrons. The van der Waals surface area contributed by atoms with Gasteiger partial charge < -0.3 is 9.47 Å². The number of hydrogen-bond donors (Lipinski definition) is 0. The lowest BCUT2D eigenvalue weighted by Crippen LogP contribution is -2.00. The highest BCUT2D eigenvalue weighted by Crippen LogP contribution is 2.15. The fraction of sp³-hybridized carbons (Fsp3) is 0.933. The zero-order chi connectivity index (χ0) is 25.0. The van der Waals surface area contributed by atoms with Gasteiger partial charge in [0.05, 0.1) is 13.2 Å². The van der Waals surface area contributed by atoms with E-state index in [0.717, 1.165) is 12.8 Å². The second-order valence-electron chi connectivity index (χ2n) is 10.2. The average Bonchev–Trinajstić information content (AvgIpc) is 2.80. The molecule has 0 aliphatic rings. The van der Waals surface area contributed by atoms with Gasteiger partial charge in [-0.15, -0.1) is 0 Å². The van der Waals surface area contributed by atoms with Gasteiger partial charge in [0.25, 0.3) is 0 Å². The molecule has 0 rings (SSSR count). The minimum atomic E-state index is -0.156. The van der Waals surface area contributed by atoms with Crippen molar-refractivity contribution in [2.75, 3.05) is 13.2 Å². The van der Waals surface area contributed by atoms with Crippen molar-refractivity contribution in [3.63, 3.8) is 0 Å². The highest BCUT2D eigenvalue weighted by atomic mass is 16.5. The van der Waals surface area contributed by atoms with Crippen LogP contribution < -0.4 is 0 Å². The molecular formula is C30H58O4. The summed E-state index contributed by atoms with van der Waals surface area (Å²) in [6.07, 6.45) is 32.3. The molecule has 0 aromatic carbocycles. The van der Waals surface area contributed by atoms with Crippen molar-refractivity contribution in [1.82, 2.24) is 0 Å². The number of ether oxygens (including phenoxy) is 2. The normalized spacial score (nSPS) is 11.0. The number of hydrogen-bond acceptors (Lipinski definition) is 4. The van der Waals surface area contributed by atoms with Crippen LogP contribution in [-0.2, 0) is 19.1 Å². The monoisotopic (exact) mass is 482 g/mol. The molecule has 0 bridgehead atoms. The van der Waals surface area contributed by atoms with Gasteiger partial charge in [0.2, 0.25) is 0 Å². The van der Waals surface area contributed by atoms with Crippen LogP contribution in [-0.4, -0.2) is 25.2 Å². The Morgan fingerprint density at radius 2 is 0.471 bits per heavy atom. The Labute approximate surface area is 212 Å². The molecule has 4 heteroatoms. The number of carbonyl (C=O) groups excluding carboxylic acids is 2. The largest absolute Gasteiger partial charge is 0.466 e. The van der Waals surface area contributed by atoms with E-state index >= 15 is 0 Å². The first-order valence-corrected chi connectivity index (χ1v) is 14.9. The van der Waals surface area contributed by atoms with Gasteiger partial charge in [-0.1, -0.05) is 141 Å². The van der Waals surface area contributed by atoms with E-state index in [0.29, 0.717) is 13.2 Å². The Morgan fingerprint density at radius 3 is 0.618 bits per heavy atom. The molecule has 0 aromatic rings. The molecule has 34 heavy (non-hydrogen) atoms. The summed E-state index contributed by atoms with van der Waals surface area (Å²) in [4.78, 5) is 21.3. The first-order chi connectivity index (χ1) is 16.6. The van der Waals surface area contributed by atoms with Gasteiger partial charge in [-0.3, -0.25) is 9.59 Å². The molecule has 0 aliphatic carbocycles. The van der Waals surface area contributed by atoms with Crippen LogP contribution in [0.15, 0.2) is 0 Å². The fourth-order valence-corrected chi connectivity index (χ4v) is 4.53. The first-order valence-electron chi connectivity index (χ1n) is 14.9. The molecule has 0 unspecified atom stereocenters. The topological polar surface area (TPSA) is 52.6 Å². The molecule has 0 atom stereocenters. The first kappa shape index (κ1) is 32.9. The Hall–Kier alpha value is -1.06. The zero-order valence-electron chi connectivity index (χ0n) is 23.0. The smallest absolute Gasteiger partial charge is 0.302 e. The summed E-state index contributed by atoms with van der Waals surface area (Å²) in [7, 11) is 0. The van der Waals surface area contributed by atoms with Gasteiger partial charge in [-0.2, -0.15) is 0 Å². The Balaban J connectivity index is 3.03. The minimum Gasteiger partial charge on any atom is -0.466 e. The number of unbranched alkanes of at least 4 members (excludes halogenated alkanes) is 23. The Kier molecular flexibility index (Phi) is 27.3. The van der Waals surface area contributed by atoms with Crippen LogP contribution in [0.25, 0.3) is 0 Å². The quantitative estimate of drug-likeness (QED) is 0.0864. The van der Waals surface area contributed by atoms with Gasteiger partial charge >= 0.3 is 11.9 Å². The van der Waals surface area contributed by atoms with Crippen LogP contribution in [0.5, 0.6) is 0 Å². The van der Waals surface area contributed by atoms with E-state index in [2.05, 4.69) is 0 Å². The van der Waals surface area contributed by atoms with E-state index in [1.165, 1.54) is 155 Å². The molecule has 0 fully saturated rings. The van der Waals surface area contributed by atoms with Crippen molar-refractivity contribution < 1.29 is 19.1 Å². The third-order valence-electron chi connectivity index (χ3n) is 6.65. The molecule has 0 amide bonds. The summed E-state index contributed by atoms with van der Waals surface area (Å²) in [6.45, 7) is 4.15. The standard InChI is InChI=1S/C30H58O4/c1-29(31)33-27-25-23-21-19-17-15-13-11-9-7-5-3-4-6-8-10-12-14-16-18-20-22-24-26-28-34-30(2)32/h3-28H2,1-2H3. The maximum Gasteiger partial charge on any atom is 0.302 e. The maximum absolute atomic E-state index is 10.7. The maximum atomic E-state index is 10.7. The lowest BCUT2D eigenvalue weighted by Gasteiger charge is -2.05. The van der Waals surface area contributed by atoms with E-state index < -0.39 is 0 Å². The lowest BCUT2D eigenvalue weighted by atomic mass is 10.0. The van der Waals surface area contributed by atoms with Crippen LogP contribution in [0.1, 0.15) is 168 Å². The molecular weight excluding hydrogens is 424 g/mol. The predicted octanol–water partition coefficient (Wildman–Crippen LogP) is 9.48. The molecule has 0 heterocycles. The van der Waals surface area contributed by atoms with Gasteiger partial charge in [-0.05, 0) is 12.8 Å². The lowest BCUT2D eigenvalue weighted by molar-refractivity contribution is -0.142. The van der Waals surface area contributed by atoms with E-state index in [1.807, 2.05) is 0 Å². The highest BCUT2D eigenvalue weighted by Gasteiger charge is 1.97.